The third kappa shape index (κ3) is 3.57. The monoisotopic (exact) mass is 386 g/mol. The third-order valence-electron chi connectivity index (χ3n) is 4.72. The van der Waals surface area contributed by atoms with E-state index in [-0.39, 0.29) is 12.2 Å². The minimum Gasteiger partial charge on any atom is -0.372 e. The van der Waals surface area contributed by atoms with Crippen LogP contribution in [0.1, 0.15) is 19.4 Å². The molecule has 0 aliphatic carbocycles. The van der Waals surface area contributed by atoms with Crippen molar-refractivity contribution in [2.75, 3.05) is 23.3 Å². The van der Waals surface area contributed by atoms with Crippen LogP contribution >= 0.6 is 11.6 Å². The Bertz CT molecular complexity index is 978. The first-order valence-electron chi connectivity index (χ1n) is 9.04. The Morgan fingerprint density at radius 2 is 1.93 bits per heavy atom. The molecule has 8 heteroatoms. The van der Waals surface area contributed by atoms with E-state index in [2.05, 4.69) is 29.2 Å². The van der Waals surface area contributed by atoms with Crippen molar-refractivity contribution in [2.24, 2.45) is 7.05 Å². The molecule has 7 nitrogen and oxygen atoms in total. The maximum absolute atomic E-state index is 6.09. The topological polar surface area (TPSA) is 68.1 Å². The molecule has 1 aliphatic heterocycles. The summed E-state index contributed by atoms with van der Waals surface area (Å²) in [7, 11) is 1.89. The van der Waals surface area contributed by atoms with E-state index in [1.165, 1.54) is 0 Å². The molecule has 0 spiro atoms. The van der Waals surface area contributed by atoms with E-state index in [0.29, 0.717) is 11.0 Å². The summed E-state index contributed by atoms with van der Waals surface area (Å²) in [4.78, 5) is 11.8. The molecule has 1 saturated heterocycles. The first-order valence-corrected chi connectivity index (χ1v) is 9.42. The zero-order chi connectivity index (χ0) is 19.1. The lowest BCUT2D eigenvalue weighted by atomic mass is 10.2. The fraction of sp³-hybridized carbons (Fsp3) is 0.421. The van der Waals surface area contributed by atoms with Crippen LogP contribution in [-0.4, -0.2) is 45.0 Å². The summed E-state index contributed by atoms with van der Waals surface area (Å²) in [5.74, 6) is 1.42. The van der Waals surface area contributed by atoms with Gasteiger partial charge in [0.2, 0.25) is 5.95 Å². The average molecular weight is 387 g/mol. The van der Waals surface area contributed by atoms with Gasteiger partial charge in [-0.15, -0.1) is 0 Å². The Kier molecular flexibility index (Phi) is 4.65. The fourth-order valence-corrected chi connectivity index (χ4v) is 3.71. The maximum atomic E-state index is 6.09. The van der Waals surface area contributed by atoms with Crippen LogP contribution in [0.4, 0.5) is 17.5 Å². The van der Waals surface area contributed by atoms with Crippen LogP contribution in [0.3, 0.4) is 0 Å². The van der Waals surface area contributed by atoms with Crippen LogP contribution in [0.15, 0.2) is 24.4 Å². The van der Waals surface area contributed by atoms with E-state index in [1.54, 1.807) is 10.9 Å². The van der Waals surface area contributed by atoms with Crippen molar-refractivity contribution in [2.45, 2.75) is 33.0 Å². The average Bonchev–Trinajstić information content (AvgIpc) is 2.98. The molecule has 0 amide bonds. The number of nitrogens with one attached hydrogen (secondary N) is 1. The molecule has 3 heterocycles. The van der Waals surface area contributed by atoms with Crippen LogP contribution in [0.5, 0.6) is 0 Å². The number of hydrogen-bond donors (Lipinski definition) is 1. The molecular weight excluding hydrogens is 364 g/mol. The van der Waals surface area contributed by atoms with Crippen LogP contribution in [0, 0.1) is 6.92 Å². The van der Waals surface area contributed by atoms with Gasteiger partial charge in [-0.2, -0.15) is 15.1 Å². The van der Waals surface area contributed by atoms with Crippen molar-refractivity contribution in [1.29, 1.82) is 0 Å². The van der Waals surface area contributed by atoms with Gasteiger partial charge in [0, 0.05) is 30.8 Å². The Labute approximate surface area is 163 Å². The second-order valence-corrected chi connectivity index (χ2v) is 7.56. The molecule has 1 fully saturated rings. The number of fused-ring (bicyclic) bond motifs is 1. The first kappa shape index (κ1) is 18.0. The van der Waals surface area contributed by atoms with Gasteiger partial charge in [0.25, 0.3) is 0 Å². The van der Waals surface area contributed by atoms with Crippen molar-refractivity contribution >= 4 is 40.1 Å². The molecule has 0 radical (unpaired) electrons. The summed E-state index contributed by atoms with van der Waals surface area (Å²) in [6.45, 7) is 7.67. The number of aryl methyl sites for hydroxylation is 2. The number of benzene rings is 1. The van der Waals surface area contributed by atoms with Gasteiger partial charge in [-0.1, -0.05) is 11.6 Å². The first-order chi connectivity index (χ1) is 12.9. The lowest BCUT2D eigenvalue weighted by Gasteiger charge is -2.35. The smallest absolute Gasteiger partial charge is 0.229 e. The van der Waals surface area contributed by atoms with Gasteiger partial charge < -0.3 is 15.0 Å². The SMILES string of the molecule is Cc1cc(Cl)ccc1Nc1nc(N2C[C@@H](C)O[C@H](C)C2)nc2c1cnn2C. The highest BCUT2D eigenvalue weighted by atomic mass is 35.5. The molecule has 27 heavy (non-hydrogen) atoms. The molecule has 3 aromatic rings. The Morgan fingerprint density at radius 3 is 2.63 bits per heavy atom. The normalized spacial score (nSPS) is 20.3. The molecule has 4 rings (SSSR count). The van der Waals surface area contributed by atoms with E-state index in [9.17, 15) is 0 Å². The second kappa shape index (κ2) is 6.98. The van der Waals surface area contributed by atoms with Gasteiger partial charge in [0.15, 0.2) is 5.65 Å². The summed E-state index contributed by atoms with van der Waals surface area (Å²) in [5, 5.41) is 9.39. The van der Waals surface area contributed by atoms with Gasteiger partial charge in [-0.25, -0.2) is 0 Å². The Balaban J connectivity index is 1.77. The van der Waals surface area contributed by atoms with Crippen molar-refractivity contribution in [1.82, 2.24) is 19.7 Å². The highest BCUT2D eigenvalue weighted by molar-refractivity contribution is 6.30. The number of ether oxygens (including phenoxy) is 1. The summed E-state index contributed by atoms with van der Waals surface area (Å²) < 4.78 is 7.62. The summed E-state index contributed by atoms with van der Waals surface area (Å²) >= 11 is 6.09. The maximum Gasteiger partial charge on any atom is 0.229 e. The van der Waals surface area contributed by atoms with Gasteiger partial charge in [0.1, 0.15) is 5.82 Å². The minimum absolute atomic E-state index is 0.134. The van der Waals surface area contributed by atoms with Gasteiger partial charge >= 0.3 is 0 Å². The third-order valence-corrected chi connectivity index (χ3v) is 4.96. The quantitative estimate of drug-likeness (QED) is 0.740. The van der Waals surface area contributed by atoms with Gasteiger partial charge in [0.05, 0.1) is 23.8 Å². The molecule has 2 atom stereocenters. The highest BCUT2D eigenvalue weighted by Crippen LogP contribution is 2.29. The van der Waals surface area contributed by atoms with E-state index in [0.717, 1.165) is 41.2 Å². The van der Waals surface area contributed by atoms with E-state index in [4.69, 9.17) is 26.3 Å². The van der Waals surface area contributed by atoms with Gasteiger partial charge in [-0.05, 0) is 44.5 Å². The Morgan fingerprint density at radius 1 is 1.19 bits per heavy atom. The van der Waals surface area contributed by atoms with E-state index in [1.807, 2.05) is 32.2 Å². The standard InChI is InChI=1S/C19H23ClN6O/c1-11-7-14(20)5-6-16(11)22-17-15-8-21-25(4)18(15)24-19(23-17)26-9-12(2)27-13(3)10-26/h5-8,12-13H,9-10H2,1-4H3,(H,22,23,24)/t12-,13-/m1/s1. The van der Waals surface area contributed by atoms with Crippen LogP contribution in [0.25, 0.3) is 11.0 Å². The molecule has 142 valence electrons. The lowest BCUT2D eigenvalue weighted by Crippen LogP contribution is -2.46. The van der Waals surface area contributed by atoms with Crippen molar-refractivity contribution in [3.63, 3.8) is 0 Å². The van der Waals surface area contributed by atoms with Crippen molar-refractivity contribution < 1.29 is 4.74 Å². The predicted octanol–water partition coefficient (Wildman–Crippen LogP) is 3.68. The largest absolute Gasteiger partial charge is 0.372 e. The Hall–Kier alpha value is -2.38. The second-order valence-electron chi connectivity index (χ2n) is 7.12. The molecule has 1 N–H and O–H groups in total. The molecule has 0 unspecified atom stereocenters. The molecule has 1 aliphatic rings. The molecule has 1 aromatic carbocycles. The summed E-state index contributed by atoms with van der Waals surface area (Å²) in [5.41, 5.74) is 2.80. The molecule has 2 aromatic heterocycles. The zero-order valence-corrected chi connectivity index (χ0v) is 16.7. The van der Waals surface area contributed by atoms with Crippen LogP contribution in [-0.2, 0) is 11.8 Å². The summed E-state index contributed by atoms with van der Waals surface area (Å²) in [6.07, 6.45) is 2.06. The lowest BCUT2D eigenvalue weighted by molar-refractivity contribution is -0.00569. The number of anilines is 3. The number of morpholine rings is 1. The predicted molar refractivity (Wildman–Crippen MR) is 108 cm³/mol. The number of halogens is 1. The zero-order valence-electron chi connectivity index (χ0n) is 15.9. The number of rotatable bonds is 3. The van der Waals surface area contributed by atoms with E-state index < -0.39 is 0 Å². The van der Waals surface area contributed by atoms with Crippen molar-refractivity contribution in [3.8, 4) is 0 Å². The van der Waals surface area contributed by atoms with Gasteiger partial charge in [-0.3, -0.25) is 4.68 Å². The number of hydrogen-bond acceptors (Lipinski definition) is 6. The van der Waals surface area contributed by atoms with E-state index >= 15 is 0 Å². The summed E-state index contributed by atoms with van der Waals surface area (Å²) in [6, 6.07) is 5.75. The molecular formula is C19H23ClN6O. The molecule has 0 saturated carbocycles. The minimum atomic E-state index is 0.134. The van der Waals surface area contributed by atoms with Crippen LogP contribution < -0.4 is 10.2 Å². The number of nitrogens with zero attached hydrogens (tertiary/aromatic N) is 5. The molecule has 0 bridgehead atoms. The van der Waals surface area contributed by atoms with Crippen LogP contribution in [0.2, 0.25) is 5.02 Å². The number of aromatic nitrogens is 4. The fourth-order valence-electron chi connectivity index (χ4n) is 3.48. The van der Waals surface area contributed by atoms with Crippen molar-refractivity contribution in [3.05, 3.63) is 35.0 Å². The highest BCUT2D eigenvalue weighted by Gasteiger charge is 2.25.